The number of rotatable bonds is 8. The number of halogens is 4. The highest BCUT2D eigenvalue weighted by atomic mass is 32.2. The summed E-state index contributed by atoms with van der Waals surface area (Å²) >= 11 is 0. The molecule has 0 saturated heterocycles. The molecule has 27 heavy (non-hydrogen) atoms. The molecule has 0 aromatic carbocycles. The summed E-state index contributed by atoms with van der Waals surface area (Å²) in [5, 5.41) is 0. The Kier molecular flexibility index (Phi) is 6.40. The van der Waals surface area contributed by atoms with E-state index in [1.807, 2.05) is 0 Å². The van der Waals surface area contributed by atoms with Gasteiger partial charge >= 0.3 is 11.8 Å². The SMILES string of the molecule is CCS(=O)c1cnc(OC)cc1-c1ccc(OCC(F)(F)C(C)(F)F)cn1. The number of hydrogen-bond acceptors (Lipinski definition) is 5. The molecule has 0 aliphatic carbocycles. The van der Waals surface area contributed by atoms with Crippen LogP contribution in [0.2, 0.25) is 0 Å². The van der Waals surface area contributed by atoms with Crippen molar-refractivity contribution in [2.45, 2.75) is 30.6 Å². The maximum absolute atomic E-state index is 13.3. The third kappa shape index (κ3) is 4.94. The van der Waals surface area contributed by atoms with Gasteiger partial charge in [0.05, 0.1) is 34.7 Å². The number of pyridine rings is 2. The van der Waals surface area contributed by atoms with Crippen LogP contribution in [0.4, 0.5) is 17.6 Å². The first-order valence-corrected chi connectivity index (χ1v) is 9.18. The average Bonchev–Trinajstić information content (AvgIpc) is 2.64. The highest BCUT2D eigenvalue weighted by Gasteiger charge is 2.52. The minimum atomic E-state index is -4.31. The summed E-state index contributed by atoms with van der Waals surface area (Å²) in [6, 6.07) is 4.32. The van der Waals surface area contributed by atoms with Crippen molar-refractivity contribution in [3.8, 4) is 22.9 Å². The fourth-order valence-electron chi connectivity index (χ4n) is 2.00. The molecule has 10 heteroatoms. The predicted molar refractivity (Wildman–Crippen MR) is 92.0 cm³/mol. The lowest BCUT2D eigenvalue weighted by atomic mass is 10.2. The summed E-state index contributed by atoms with van der Waals surface area (Å²) in [7, 11) is 0.112. The van der Waals surface area contributed by atoms with Gasteiger partial charge in [-0.3, -0.25) is 9.19 Å². The second kappa shape index (κ2) is 8.20. The lowest BCUT2D eigenvalue weighted by molar-refractivity contribution is -0.211. The molecule has 1 atom stereocenters. The third-order valence-corrected chi connectivity index (χ3v) is 4.97. The maximum Gasteiger partial charge on any atom is 0.342 e. The maximum atomic E-state index is 13.3. The van der Waals surface area contributed by atoms with Crippen molar-refractivity contribution in [3.05, 3.63) is 30.6 Å². The van der Waals surface area contributed by atoms with Gasteiger partial charge in [0.25, 0.3) is 0 Å². The molecular formula is C17H18F4N2O3S. The first-order chi connectivity index (χ1) is 12.6. The molecule has 2 aromatic rings. The third-order valence-electron chi connectivity index (χ3n) is 3.63. The summed E-state index contributed by atoms with van der Waals surface area (Å²) in [4.78, 5) is 8.56. The largest absolute Gasteiger partial charge is 0.485 e. The van der Waals surface area contributed by atoms with Crippen molar-refractivity contribution in [1.29, 1.82) is 0 Å². The van der Waals surface area contributed by atoms with Crippen molar-refractivity contribution in [2.75, 3.05) is 19.5 Å². The van der Waals surface area contributed by atoms with Gasteiger partial charge < -0.3 is 9.47 Å². The molecule has 1 unspecified atom stereocenters. The molecule has 5 nitrogen and oxygen atoms in total. The Bertz CT molecular complexity index is 811. The van der Waals surface area contributed by atoms with Gasteiger partial charge in [0.15, 0.2) is 6.61 Å². The molecule has 2 rings (SSSR count). The van der Waals surface area contributed by atoms with Gasteiger partial charge in [0.2, 0.25) is 5.88 Å². The van der Waals surface area contributed by atoms with Crippen LogP contribution in [0.5, 0.6) is 11.6 Å². The standard InChI is InChI=1S/C17H18F4N2O3S/c1-4-27(24)14-9-23-15(25-3)7-12(14)13-6-5-11(8-22-13)26-10-17(20,21)16(2,18)19/h5-9H,4,10H2,1-3H3. The molecule has 0 aliphatic heterocycles. The lowest BCUT2D eigenvalue weighted by Crippen LogP contribution is -2.42. The summed E-state index contributed by atoms with van der Waals surface area (Å²) in [6.45, 7) is 0.397. The van der Waals surface area contributed by atoms with E-state index >= 15 is 0 Å². The van der Waals surface area contributed by atoms with E-state index in [0.29, 0.717) is 21.9 Å². The highest BCUT2D eigenvalue weighted by molar-refractivity contribution is 7.85. The zero-order valence-corrected chi connectivity index (χ0v) is 15.7. The van der Waals surface area contributed by atoms with Crippen molar-refractivity contribution < 1.29 is 31.2 Å². The molecule has 2 aromatic heterocycles. The Morgan fingerprint density at radius 2 is 1.85 bits per heavy atom. The molecular weight excluding hydrogens is 388 g/mol. The minimum absolute atomic E-state index is 0.0955. The van der Waals surface area contributed by atoms with E-state index in [4.69, 9.17) is 9.47 Å². The molecule has 0 N–H and O–H groups in total. The Hall–Kier alpha value is -2.23. The van der Waals surface area contributed by atoms with E-state index in [0.717, 1.165) is 6.20 Å². The first kappa shape index (κ1) is 21.1. The van der Waals surface area contributed by atoms with Crippen LogP contribution >= 0.6 is 0 Å². The fraction of sp³-hybridized carbons (Fsp3) is 0.412. The van der Waals surface area contributed by atoms with Gasteiger partial charge in [-0.15, -0.1) is 0 Å². The molecule has 148 valence electrons. The van der Waals surface area contributed by atoms with E-state index in [9.17, 15) is 21.8 Å². The monoisotopic (exact) mass is 406 g/mol. The predicted octanol–water partition coefficient (Wildman–Crippen LogP) is 3.95. The molecule has 2 heterocycles. The average molecular weight is 406 g/mol. The van der Waals surface area contributed by atoms with Gasteiger partial charge in [0, 0.05) is 30.5 Å². The van der Waals surface area contributed by atoms with Crippen molar-refractivity contribution >= 4 is 10.8 Å². The summed E-state index contributed by atoms with van der Waals surface area (Å²) < 4.78 is 74.2. The molecule has 0 spiro atoms. The normalized spacial score (nSPS) is 13.3. The van der Waals surface area contributed by atoms with Crippen LogP contribution in [0.1, 0.15) is 13.8 Å². The topological polar surface area (TPSA) is 61.3 Å². The molecule has 0 fully saturated rings. The van der Waals surface area contributed by atoms with E-state index in [1.54, 1.807) is 13.0 Å². The Morgan fingerprint density at radius 3 is 2.37 bits per heavy atom. The number of hydrogen-bond donors (Lipinski definition) is 0. The van der Waals surface area contributed by atoms with Crippen LogP contribution in [0.3, 0.4) is 0 Å². The molecule has 0 bridgehead atoms. The molecule has 0 saturated carbocycles. The smallest absolute Gasteiger partial charge is 0.342 e. The van der Waals surface area contributed by atoms with Gasteiger partial charge in [-0.05, 0) is 12.1 Å². The van der Waals surface area contributed by atoms with E-state index in [2.05, 4.69) is 9.97 Å². The van der Waals surface area contributed by atoms with Crippen LogP contribution in [0.15, 0.2) is 35.5 Å². The van der Waals surface area contributed by atoms with Crippen LogP contribution in [0, 0.1) is 0 Å². The van der Waals surface area contributed by atoms with Gasteiger partial charge in [-0.25, -0.2) is 13.8 Å². The van der Waals surface area contributed by atoms with Crippen LogP contribution in [0.25, 0.3) is 11.3 Å². The van der Waals surface area contributed by atoms with Crippen molar-refractivity contribution in [3.63, 3.8) is 0 Å². The van der Waals surface area contributed by atoms with Gasteiger partial charge in [0.1, 0.15) is 5.75 Å². The Morgan fingerprint density at radius 1 is 1.15 bits per heavy atom. The second-order valence-electron chi connectivity index (χ2n) is 5.62. The van der Waals surface area contributed by atoms with Crippen LogP contribution in [-0.4, -0.2) is 45.5 Å². The van der Waals surface area contributed by atoms with Gasteiger partial charge in [-0.1, -0.05) is 6.92 Å². The number of methoxy groups -OCH3 is 1. The Balaban J connectivity index is 2.26. The van der Waals surface area contributed by atoms with E-state index in [-0.39, 0.29) is 18.6 Å². The zero-order valence-electron chi connectivity index (χ0n) is 14.8. The molecule has 0 radical (unpaired) electrons. The Labute approximate surface area is 156 Å². The number of aromatic nitrogens is 2. The second-order valence-corrected chi connectivity index (χ2v) is 7.33. The minimum Gasteiger partial charge on any atom is -0.485 e. The van der Waals surface area contributed by atoms with Crippen LogP contribution < -0.4 is 9.47 Å². The molecule has 0 amide bonds. The number of ether oxygens (including phenoxy) is 2. The summed E-state index contributed by atoms with van der Waals surface area (Å²) in [5.41, 5.74) is 0.881. The zero-order chi connectivity index (χ0) is 20.2. The van der Waals surface area contributed by atoms with E-state index < -0.39 is 29.3 Å². The first-order valence-electron chi connectivity index (χ1n) is 7.86. The fourth-order valence-corrected chi connectivity index (χ4v) is 2.89. The number of nitrogens with zero attached hydrogens (tertiary/aromatic N) is 2. The lowest BCUT2D eigenvalue weighted by Gasteiger charge is -2.22. The van der Waals surface area contributed by atoms with Crippen molar-refractivity contribution in [2.24, 2.45) is 0 Å². The van der Waals surface area contributed by atoms with Crippen LogP contribution in [-0.2, 0) is 10.8 Å². The number of alkyl halides is 4. The van der Waals surface area contributed by atoms with E-state index in [1.165, 1.54) is 25.4 Å². The highest BCUT2D eigenvalue weighted by Crippen LogP contribution is 2.34. The summed E-state index contributed by atoms with van der Waals surface area (Å²) in [6.07, 6.45) is 2.55. The van der Waals surface area contributed by atoms with Crippen molar-refractivity contribution in [1.82, 2.24) is 9.97 Å². The quantitative estimate of drug-likeness (QED) is 0.622. The van der Waals surface area contributed by atoms with Gasteiger partial charge in [-0.2, -0.15) is 8.78 Å². The summed E-state index contributed by atoms with van der Waals surface area (Å²) in [5.74, 6) is -7.96. The molecule has 0 aliphatic rings.